The van der Waals surface area contributed by atoms with Gasteiger partial charge >= 0.3 is 0 Å². The lowest BCUT2D eigenvalue weighted by atomic mass is 10.1. The molecular weight excluding hydrogens is 348 g/mol. The minimum atomic E-state index is -3.36. The van der Waals surface area contributed by atoms with Crippen LogP contribution >= 0.6 is 0 Å². The Kier molecular flexibility index (Phi) is 9.65. The first-order valence-electron chi connectivity index (χ1n) is 9.32. The highest BCUT2D eigenvalue weighted by Gasteiger charge is 2.15. The standard InChI is InChI=1S/C19H34N4O2S/c1-6-20-19(21-12-11-15(2)3)22-13-17-9-7-8-10-18(17)14-26(24,25)23-16(4)5/h7-10,15-16,23H,6,11-14H2,1-5H3,(H2,20,21,22). The molecule has 0 bridgehead atoms. The summed E-state index contributed by atoms with van der Waals surface area (Å²) in [5.41, 5.74) is 1.70. The Morgan fingerprint density at radius 1 is 1.08 bits per heavy atom. The Balaban J connectivity index is 2.84. The molecule has 0 spiro atoms. The molecule has 0 heterocycles. The number of nitrogens with zero attached hydrogens (tertiary/aromatic N) is 1. The Morgan fingerprint density at radius 2 is 1.73 bits per heavy atom. The van der Waals surface area contributed by atoms with Crippen LogP contribution in [0, 0.1) is 5.92 Å². The van der Waals surface area contributed by atoms with Gasteiger partial charge in [-0.3, -0.25) is 0 Å². The van der Waals surface area contributed by atoms with Gasteiger partial charge in [-0.2, -0.15) is 0 Å². The molecule has 0 aliphatic rings. The maximum atomic E-state index is 12.2. The molecule has 0 aliphatic carbocycles. The van der Waals surface area contributed by atoms with E-state index >= 15 is 0 Å². The van der Waals surface area contributed by atoms with Gasteiger partial charge in [0, 0.05) is 19.1 Å². The molecule has 0 saturated carbocycles. The molecule has 148 valence electrons. The molecule has 1 aromatic rings. The molecule has 6 nitrogen and oxygen atoms in total. The highest BCUT2D eigenvalue weighted by Crippen LogP contribution is 2.13. The van der Waals surface area contributed by atoms with E-state index in [-0.39, 0.29) is 11.8 Å². The van der Waals surface area contributed by atoms with E-state index in [1.807, 2.05) is 45.0 Å². The summed E-state index contributed by atoms with van der Waals surface area (Å²) in [6, 6.07) is 7.44. The Bertz CT molecular complexity index is 670. The van der Waals surface area contributed by atoms with Crippen LogP contribution in [0.4, 0.5) is 0 Å². The zero-order valence-corrected chi connectivity index (χ0v) is 17.5. The Morgan fingerprint density at radius 3 is 2.31 bits per heavy atom. The number of nitrogens with one attached hydrogen (secondary N) is 3. The fourth-order valence-electron chi connectivity index (χ4n) is 2.44. The average molecular weight is 383 g/mol. The summed E-state index contributed by atoms with van der Waals surface area (Å²) in [6.07, 6.45) is 1.07. The van der Waals surface area contributed by atoms with Gasteiger partial charge in [0.2, 0.25) is 10.0 Å². The number of aliphatic imine (C=N–C) groups is 1. The van der Waals surface area contributed by atoms with E-state index in [9.17, 15) is 8.42 Å². The Hall–Kier alpha value is -1.60. The lowest BCUT2D eigenvalue weighted by Gasteiger charge is -2.14. The van der Waals surface area contributed by atoms with E-state index in [4.69, 9.17) is 0 Å². The van der Waals surface area contributed by atoms with E-state index in [0.29, 0.717) is 12.5 Å². The first-order valence-corrected chi connectivity index (χ1v) is 11.0. The van der Waals surface area contributed by atoms with Gasteiger partial charge in [0.05, 0.1) is 12.3 Å². The van der Waals surface area contributed by atoms with Gasteiger partial charge < -0.3 is 10.6 Å². The molecule has 0 radical (unpaired) electrons. The van der Waals surface area contributed by atoms with Crippen molar-refractivity contribution in [1.82, 2.24) is 15.4 Å². The molecule has 0 aromatic heterocycles. The predicted molar refractivity (Wildman–Crippen MR) is 110 cm³/mol. The SMILES string of the molecule is CCNC(=NCc1ccccc1CS(=O)(=O)NC(C)C)NCCC(C)C. The second kappa shape index (κ2) is 11.2. The van der Waals surface area contributed by atoms with Gasteiger partial charge in [-0.05, 0) is 44.2 Å². The van der Waals surface area contributed by atoms with Crippen LogP contribution in [0.15, 0.2) is 29.3 Å². The molecule has 3 N–H and O–H groups in total. The molecule has 0 saturated heterocycles. The largest absolute Gasteiger partial charge is 0.357 e. The van der Waals surface area contributed by atoms with Crippen molar-refractivity contribution in [1.29, 1.82) is 0 Å². The minimum Gasteiger partial charge on any atom is -0.357 e. The van der Waals surface area contributed by atoms with E-state index in [1.54, 1.807) is 0 Å². The molecule has 0 fully saturated rings. The number of guanidine groups is 1. The Labute approximate surface area is 158 Å². The number of benzene rings is 1. The summed E-state index contributed by atoms with van der Waals surface area (Å²) in [5, 5.41) is 6.55. The van der Waals surface area contributed by atoms with Crippen LogP contribution in [0.25, 0.3) is 0 Å². The lowest BCUT2D eigenvalue weighted by molar-refractivity contribution is 0.569. The highest BCUT2D eigenvalue weighted by molar-refractivity contribution is 7.88. The number of hydrogen-bond acceptors (Lipinski definition) is 3. The molecule has 0 aliphatic heterocycles. The second-order valence-electron chi connectivity index (χ2n) is 7.10. The topological polar surface area (TPSA) is 82.6 Å². The maximum absolute atomic E-state index is 12.2. The van der Waals surface area contributed by atoms with Crippen LogP contribution in [0.5, 0.6) is 0 Å². The van der Waals surface area contributed by atoms with Crippen LogP contribution in [0.2, 0.25) is 0 Å². The average Bonchev–Trinajstić information content (AvgIpc) is 2.51. The summed E-state index contributed by atoms with van der Waals surface area (Å²) in [7, 11) is -3.36. The van der Waals surface area contributed by atoms with Crippen molar-refractivity contribution >= 4 is 16.0 Å². The van der Waals surface area contributed by atoms with Gasteiger partial charge in [-0.1, -0.05) is 38.1 Å². The van der Waals surface area contributed by atoms with E-state index in [2.05, 4.69) is 34.2 Å². The third kappa shape index (κ3) is 9.20. The number of rotatable bonds is 10. The molecule has 1 rings (SSSR count). The van der Waals surface area contributed by atoms with Crippen LogP contribution < -0.4 is 15.4 Å². The van der Waals surface area contributed by atoms with Crippen LogP contribution in [-0.2, 0) is 22.3 Å². The van der Waals surface area contributed by atoms with Gasteiger partial charge in [-0.15, -0.1) is 0 Å². The van der Waals surface area contributed by atoms with Crippen LogP contribution in [-0.4, -0.2) is 33.5 Å². The summed E-state index contributed by atoms with van der Waals surface area (Å²) in [4.78, 5) is 4.61. The van der Waals surface area contributed by atoms with Crippen molar-refractivity contribution in [3.63, 3.8) is 0 Å². The summed E-state index contributed by atoms with van der Waals surface area (Å²) >= 11 is 0. The van der Waals surface area contributed by atoms with Crippen LogP contribution in [0.3, 0.4) is 0 Å². The highest BCUT2D eigenvalue weighted by atomic mass is 32.2. The van der Waals surface area contributed by atoms with E-state index in [0.717, 1.165) is 36.6 Å². The third-order valence-electron chi connectivity index (χ3n) is 3.65. The third-order valence-corrected chi connectivity index (χ3v) is 5.17. The summed E-state index contributed by atoms with van der Waals surface area (Å²) in [6.45, 7) is 12.1. The molecular formula is C19H34N4O2S. The van der Waals surface area contributed by atoms with Crippen molar-refractivity contribution in [3.05, 3.63) is 35.4 Å². The normalized spacial score (nSPS) is 12.7. The van der Waals surface area contributed by atoms with E-state index < -0.39 is 10.0 Å². The quantitative estimate of drug-likeness (QED) is 0.429. The van der Waals surface area contributed by atoms with Gasteiger partial charge in [0.15, 0.2) is 5.96 Å². The fourth-order valence-corrected chi connectivity index (χ4v) is 3.94. The molecule has 0 unspecified atom stereocenters. The fraction of sp³-hybridized carbons (Fsp3) is 0.632. The van der Waals surface area contributed by atoms with Crippen molar-refractivity contribution in [2.24, 2.45) is 10.9 Å². The molecule has 0 atom stereocenters. The minimum absolute atomic E-state index is 0.0335. The monoisotopic (exact) mass is 382 g/mol. The molecule has 7 heteroatoms. The van der Waals surface area contributed by atoms with E-state index in [1.165, 1.54) is 0 Å². The van der Waals surface area contributed by atoms with Crippen molar-refractivity contribution in [2.45, 2.75) is 59.4 Å². The summed E-state index contributed by atoms with van der Waals surface area (Å²) < 4.78 is 27.1. The molecule has 1 aromatic carbocycles. The molecule has 26 heavy (non-hydrogen) atoms. The van der Waals surface area contributed by atoms with Crippen LogP contribution in [0.1, 0.15) is 52.2 Å². The zero-order valence-electron chi connectivity index (χ0n) is 16.7. The van der Waals surface area contributed by atoms with Crippen molar-refractivity contribution in [2.75, 3.05) is 13.1 Å². The first-order chi connectivity index (χ1) is 12.2. The second-order valence-corrected chi connectivity index (χ2v) is 8.86. The summed E-state index contributed by atoms with van der Waals surface area (Å²) in [5.74, 6) is 1.35. The van der Waals surface area contributed by atoms with Gasteiger partial charge in [0.1, 0.15) is 0 Å². The number of sulfonamides is 1. The van der Waals surface area contributed by atoms with Crippen molar-refractivity contribution in [3.8, 4) is 0 Å². The molecule has 0 amide bonds. The zero-order chi connectivity index (χ0) is 19.6. The lowest BCUT2D eigenvalue weighted by Crippen LogP contribution is -2.38. The predicted octanol–water partition coefficient (Wildman–Crippen LogP) is 2.62. The van der Waals surface area contributed by atoms with Crippen molar-refractivity contribution < 1.29 is 8.42 Å². The first kappa shape index (κ1) is 22.4. The van der Waals surface area contributed by atoms with Gasteiger partial charge in [-0.25, -0.2) is 18.1 Å². The smallest absolute Gasteiger partial charge is 0.216 e. The number of hydrogen-bond donors (Lipinski definition) is 3. The maximum Gasteiger partial charge on any atom is 0.216 e. The van der Waals surface area contributed by atoms with Gasteiger partial charge in [0.25, 0.3) is 0 Å².